The molecule has 0 aromatic heterocycles. The van der Waals surface area contributed by atoms with E-state index in [0.717, 1.165) is 25.0 Å². The van der Waals surface area contributed by atoms with Crippen LogP contribution in [0.2, 0.25) is 0 Å². The summed E-state index contributed by atoms with van der Waals surface area (Å²) in [6, 6.07) is 6.52. The Kier molecular flexibility index (Phi) is 2.55. The van der Waals surface area contributed by atoms with Crippen LogP contribution in [0.25, 0.3) is 0 Å². The number of aryl methyl sites for hydroxylation is 1. The fraction of sp³-hybridized carbons (Fsp3) is 0.650. The first-order valence-corrected chi connectivity index (χ1v) is 8.86. The van der Waals surface area contributed by atoms with Crippen LogP contribution in [-0.4, -0.2) is 24.6 Å². The van der Waals surface area contributed by atoms with Gasteiger partial charge in [-0.25, -0.2) is 0 Å². The van der Waals surface area contributed by atoms with E-state index in [9.17, 15) is 4.79 Å². The number of benzene rings is 1. The van der Waals surface area contributed by atoms with E-state index in [1.54, 1.807) is 7.11 Å². The van der Waals surface area contributed by atoms with E-state index in [4.69, 9.17) is 9.47 Å². The number of Topliss-reactive ketones (excluding diaryl/α,β-unsaturated/α-hetero) is 1. The van der Waals surface area contributed by atoms with E-state index >= 15 is 0 Å². The van der Waals surface area contributed by atoms with E-state index in [2.05, 4.69) is 25.1 Å². The van der Waals surface area contributed by atoms with Crippen LogP contribution >= 0.6 is 0 Å². The molecule has 1 aliphatic heterocycles. The molecule has 3 heteroatoms. The number of ether oxygens (including phenoxy) is 2. The summed E-state index contributed by atoms with van der Waals surface area (Å²) in [6.07, 6.45) is 4.29. The van der Waals surface area contributed by atoms with Crippen molar-refractivity contribution in [2.24, 2.45) is 17.3 Å². The maximum absolute atomic E-state index is 12.9. The standard InChI is InChI=1S/C20H24O3/c1-19-10-16-17-13-7-5-12(22-3)8-11(13)4-6-14(17)15(19)9-20(2,23-16)18(19)21/h5,7-8,14-17H,4,6,9-10H2,1-3H3/t14-,15-,16?,17+,19-,20?/m0/s1. The van der Waals surface area contributed by atoms with Gasteiger partial charge in [0.2, 0.25) is 0 Å². The molecule has 1 saturated heterocycles. The molecule has 1 aromatic rings. The number of hydrogen-bond donors (Lipinski definition) is 0. The van der Waals surface area contributed by atoms with Gasteiger partial charge in [0.15, 0.2) is 5.78 Å². The normalized spacial score (nSPS) is 46.5. The zero-order chi connectivity index (χ0) is 16.0. The van der Waals surface area contributed by atoms with Crippen molar-refractivity contribution in [2.45, 2.75) is 57.2 Å². The zero-order valence-electron chi connectivity index (χ0n) is 14.1. The van der Waals surface area contributed by atoms with Crippen molar-refractivity contribution in [3.63, 3.8) is 0 Å². The summed E-state index contributed by atoms with van der Waals surface area (Å²) in [4.78, 5) is 12.9. The maximum atomic E-state index is 12.9. The summed E-state index contributed by atoms with van der Waals surface area (Å²) in [5.74, 6) is 2.84. The van der Waals surface area contributed by atoms with Crippen LogP contribution in [0.4, 0.5) is 0 Å². The highest BCUT2D eigenvalue weighted by Crippen LogP contribution is 2.66. The van der Waals surface area contributed by atoms with Crippen molar-refractivity contribution in [2.75, 3.05) is 7.11 Å². The van der Waals surface area contributed by atoms with Crippen LogP contribution in [0, 0.1) is 17.3 Å². The summed E-state index contributed by atoms with van der Waals surface area (Å²) in [5.41, 5.74) is 2.17. The van der Waals surface area contributed by atoms with Crippen LogP contribution in [-0.2, 0) is 16.0 Å². The molecule has 4 aliphatic rings. The maximum Gasteiger partial charge on any atom is 0.170 e. The average Bonchev–Trinajstić information content (AvgIpc) is 2.67. The Balaban J connectivity index is 1.63. The Morgan fingerprint density at radius 1 is 1.26 bits per heavy atom. The largest absolute Gasteiger partial charge is 0.497 e. The highest BCUT2D eigenvalue weighted by atomic mass is 16.5. The van der Waals surface area contributed by atoms with Gasteiger partial charge in [0, 0.05) is 11.3 Å². The van der Waals surface area contributed by atoms with Crippen LogP contribution in [0.1, 0.15) is 50.2 Å². The second kappa shape index (κ2) is 4.18. The van der Waals surface area contributed by atoms with Gasteiger partial charge >= 0.3 is 0 Å². The molecule has 0 spiro atoms. The van der Waals surface area contributed by atoms with Gasteiger partial charge in [0.25, 0.3) is 0 Å². The number of ketones is 1. The lowest BCUT2D eigenvalue weighted by Crippen LogP contribution is -2.56. The fourth-order valence-corrected chi connectivity index (χ4v) is 6.38. The Morgan fingerprint density at radius 3 is 2.87 bits per heavy atom. The Hall–Kier alpha value is -1.35. The molecule has 5 rings (SSSR count). The Morgan fingerprint density at radius 2 is 2.09 bits per heavy atom. The predicted molar refractivity (Wildman–Crippen MR) is 86.7 cm³/mol. The minimum absolute atomic E-state index is 0.150. The summed E-state index contributed by atoms with van der Waals surface area (Å²) < 4.78 is 11.8. The fourth-order valence-electron chi connectivity index (χ4n) is 6.38. The third kappa shape index (κ3) is 1.57. The molecule has 2 saturated carbocycles. The van der Waals surface area contributed by atoms with Crippen LogP contribution in [0.3, 0.4) is 0 Å². The van der Waals surface area contributed by atoms with Crippen molar-refractivity contribution in [1.29, 1.82) is 0 Å². The number of rotatable bonds is 1. The summed E-state index contributed by atoms with van der Waals surface area (Å²) in [6.45, 7) is 4.24. The number of fused-ring (bicyclic) bond motifs is 7. The first-order valence-electron chi connectivity index (χ1n) is 8.86. The second-order valence-electron chi connectivity index (χ2n) is 8.44. The van der Waals surface area contributed by atoms with Crippen molar-refractivity contribution in [1.82, 2.24) is 0 Å². The Bertz CT molecular complexity index is 709. The van der Waals surface area contributed by atoms with Gasteiger partial charge in [-0.1, -0.05) is 13.0 Å². The summed E-state index contributed by atoms with van der Waals surface area (Å²) >= 11 is 0. The van der Waals surface area contributed by atoms with Crippen molar-refractivity contribution < 1.29 is 14.3 Å². The lowest BCUT2D eigenvalue weighted by molar-refractivity contribution is -0.178. The molecule has 3 bridgehead atoms. The first kappa shape index (κ1) is 14.0. The van der Waals surface area contributed by atoms with E-state index < -0.39 is 5.60 Å². The summed E-state index contributed by atoms with van der Waals surface area (Å²) in [7, 11) is 1.73. The molecule has 3 fully saturated rings. The van der Waals surface area contributed by atoms with Crippen LogP contribution in [0.15, 0.2) is 18.2 Å². The van der Waals surface area contributed by atoms with E-state index in [0.29, 0.717) is 23.5 Å². The third-order valence-corrected chi connectivity index (χ3v) is 7.30. The number of carbonyl (C=O) groups is 1. The van der Waals surface area contributed by atoms with Crippen molar-refractivity contribution in [3.05, 3.63) is 29.3 Å². The topological polar surface area (TPSA) is 35.5 Å². The molecular formula is C20H24O3. The van der Waals surface area contributed by atoms with Gasteiger partial charge in [-0.05, 0) is 67.7 Å². The molecule has 2 unspecified atom stereocenters. The molecule has 23 heavy (non-hydrogen) atoms. The number of hydrogen-bond acceptors (Lipinski definition) is 3. The second-order valence-corrected chi connectivity index (χ2v) is 8.44. The highest BCUT2D eigenvalue weighted by Gasteiger charge is 2.69. The SMILES string of the molecule is COc1ccc2c(c1)CC[C@@H]1[C@@H]2C2C[C@]3(C)C(=O)C(C)(C[C@@H]13)O2. The highest BCUT2D eigenvalue weighted by molar-refractivity contribution is 5.95. The quantitative estimate of drug-likeness (QED) is 0.796. The van der Waals surface area contributed by atoms with Gasteiger partial charge in [-0.15, -0.1) is 0 Å². The number of carbonyl (C=O) groups excluding carboxylic acids is 1. The van der Waals surface area contributed by atoms with Crippen LogP contribution in [0.5, 0.6) is 5.75 Å². The predicted octanol–water partition coefficient (Wildman–Crippen LogP) is 3.50. The third-order valence-electron chi connectivity index (χ3n) is 7.30. The van der Waals surface area contributed by atoms with E-state index in [-0.39, 0.29) is 11.5 Å². The first-order chi connectivity index (χ1) is 11.0. The molecular weight excluding hydrogens is 288 g/mol. The van der Waals surface area contributed by atoms with E-state index in [1.807, 2.05) is 6.92 Å². The van der Waals surface area contributed by atoms with Crippen molar-refractivity contribution >= 4 is 5.78 Å². The molecule has 1 heterocycles. The monoisotopic (exact) mass is 312 g/mol. The molecule has 3 aliphatic carbocycles. The van der Waals surface area contributed by atoms with E-state index in [1.165, 1.54) is 17.5 Å². The molecule has 1 aromatic carbocycles. The molecule has 3 nitrogen and oxygen atoms in total. The molecule has 0 N–H and O–H groups in total. The molecule has 122 valence electrons. The average molecular weight is 312 g/mol. The minimum Gasteiger partial charge on any atom is -0.497 e. The van der Waals surface area contributed by atoms with Gasteiger partial charge in [0.1, 0.15) is 11.4 Å². The smallest absolute Gasteiger partial charge is 0.170 e. The summed E-state index contributed by atoms with van der Waals surface area (Å²) in [5, 5.41) is 0. The molecule has 0 amide bonds. The van der Waals surface area contributed by atoms with Crippen molar-refractivity contribution in [3.8, 4) is 5.75 Å². The van der Waals surface area contributed by atoms with Gasteiger partial charge in [-0.3, -0.25) is 4.79 Å². The van der Waals surface area contributed by atoms with Gasteiger partial charge < -0.3 is 9.47 Å². The molecule has 0 radical (unpaired) electrons. The molecule has 6 atom stereocenters. The lowest BCUT2D eigenvalue weighted by atomic mass is 9.54. The minimum atomic E-state index is -0.535. The van der Waals surface area contributed by atoms with Gasteiger partial charge in [0.05, 0.1) is 13.2 Å². The Labute approximate surface area is 137 Å². The van der Waals surface area contributed by atoms with Crippen LogP contribution < -0.4 is 4.74 Å². The zero-order valence-corrected chi connectivity index (χ0v) is 14.1. The van der Waals surface area contributed by atoms with Gasteiger partial charge in [-0.2, -0.15) is 0 Å². The lowest BCUT2D eigenvalue weighted by Gasteiger charge is -2.53. The number of methoxy groups -OCH3 is 1.